The van der Waals surface area contributed by atoms with E-state index in [4.69, 9.17) is 28.8 Å². The van der Waals surface area contributed by atoms with Gasteiger partial charge in [0, 0.05) is 19.3 Å². The Hall–Kier alpha value is -3.55. The summed E-state index contributed by atoms with van der Waals surface area (Å²) in [5, 5.41) is 9.15. The Bertz CT molecular complexity index is 1060. The molecule has 0 radical (unpaired) electrons. The number of carboxylic acid groups (broad SMARTS) is 1. The van der Waals surface area contributed by atoms with Gasteiger partial charge in [0.25, 0.3) is 5.79 Å². The van der Waals surface area contributed by atoms with Gasteiger partial charge < -0.3 is 28.8 Å². The van der Waals surface area contributed by atoms with E-state index in [0.717, 1.165) is 41.4 Å². The summed E-state index contributed by atoms with van der Waals surface area (Å²) in [6, 6.07) is 25.1. The summed E-state index contributed by atoms with van der Waals surface area (Å²) in [7, 11) is 0. The fourth-order valence-electron chi connectivity index (χ4n) is 3.61. The lowest BCUT2D eigenvalue weighted by Crippen LogP contribution is -2.48. The van der Waals surface area contributed by atoms with E-state index in [1.807, 2.05) is 78.9 Å². The number of aliphatic carboxylic acids is 1. The molecule has 1 aliphatic rings. The molecule has 0 aliphatic carbocycles. The summed E-state index contributed by atoms with van der Waals surface area (Å²) in [5.74, 6) is 0.613. The van der Waals surface area contributed by atoms with Crippen LogP contribution in [0.15, 0.2) is 78.9 Å². The monoisotopic (exact) mass is 478 g/mol. The lowest BCUT2D eigenvalue weighted by Gasteiger charge is -2.34. The highest BCUT2D eigenvalue weighted by atomic mass is 16.7. The third kappa shape index (κ3) is 7.21. The molecule has 0 atom stereocenters. The number of benzene rings is 3. The SMILES string of the molecule is C[C@]1(C(=O)O)OC[C@H](Cc2ccc(OCCCOc3ccc(Oc4ccccc4)cc3)cc2)CO1. The maximum atomic E-state index is 11.2. The molecule has 1 aliphatic heterocycles. The molecule has 35 heavy (non-hydrogen) atoms. The van der Waals surface area contributed by atoms with Crippen molar-refractivity contribution < 1.29 is 33.6 Å². The highest BCUT2D eigenvalue weighted by Gasteiger charge is 2.40. The standard InChI is InChI=1S/C28H30O7/c1-28(27(29)30)33-19-22(20-34-28)18-21-8-10-23(11-9-21)31-16-5-17-32-24-12-14-26(15-13-24)35-25-6-3-2-4-7-25/h2-4,6-15,22H,5,16-20H2,1H3,(H,29,30)/t22-,28-. The van der Waals surface area contributed by atoms with Crippen LogP contribution in [0.3, 0.4) is 0 Å². The first-order valence-electron chi connectivity index (χ1n) is 11.7. The van der Waals surface area contributed by atoms with Crippen LogP contribution < -0.4 is 14.2 Å². The molecule has 1 N–H and O–H groups in total. The second-order valence-electron chi connectivity index (χ2n) is 8.52. The number of carbonyl (C=O) groups is 1. The molecule has 7 nitrogen and oxygen atoms in total. The Morgan fingerprint density at radius 3 is 1.91 bits per heavy atom. The van der Waals surface area contributed by atoms with Crippen LogP contribution >= 0.6 is 0 Å². The van der Waals surface area contributed by atoms with Crippen molar-refractivity contribution >= 4 is 5.97 Å². The zero-order chi connectivity index (χ0) is 24.5. The molecule has 0 bridgehead atoms. The third-order valence-electron chi connectivity index (χ3n) is 5.65. The minimum absolute atomic E-state index is 0.116. The second-order valence-corrected chi connectivity index (χ2v) is 8.52. The van der Waals surface area contributed by atoms with Gasteiger partial charge in [0.1, 0.15) is 23.0 Å². The van der Waals surface area contributed by atoms with Gasteiger partial charge in [-0.25, -0.2) is 4.79 Å². The van der Waals surface area contributed by atoms with E-state index in [2.05, 4.69) is 0 Å². The quantitative estimate of drug-likeness (QED) is 0.373. The minimum atomic E-state index is -1.54. The van der Waals surface area contributed by atoms with Crippen molar-refractivity contribution in [2.45, 2.75) is 25.6 Å². The summed E-state index contributed by atoms with van der Waals surface area (Å²) in [6.45, 7) is 3.23. The van der Waals surface area contributed by atoms with Crippen molar-refractivity contribution in [3.05, 3.63) is 84.4 Å². The van der Waals surface area contributed by atoms with Gasteiger partial charge in [-0.3, -0.25) is 0 Å². The summed E-state index contributed by atoms with van der Waals surface area (Å²) in [5.41, 5.74) is 1.12. The average molecular weight is 479 g/mol. The van der Waals surface area contributed by atoms with Crippen molar-refractivity contribution in [3.63, 3.8) is 0 Å². The molecule has 1 fully saturated rings. The first kappa shape index (κ1) is 24.6. The van der Waals surface area contributed by atoms with Gasteiger partial charge in [-0.2, -0.15) is 0 Å². The van der Waals surface area contributed by atoms with E-state index in [0.29, 0.717) is 26.4 Å². The van der Waals surface area contributed by atoms with Crippen molar-refractivity contribution in [1.29, 1.82) is 0 Å². The zero-order valence-corrected chi connectivity index (χ0v) is 19.7. The van der Waals surface area contributed by atoms with Crippen molar-refractivity contribution in [3.8, 4) is 23.0 Å². The van der Waals surface area contributed by atoms with Crippen LogP contribution in [0.25, 0.3) is 0 Å². The summed E-state index contributed by atoms with van der Waals surface area (Å²) < 4.78 is 28.2. The van der Waals surface area contributed by atoms with E-state index in [1.54, 1.807) is 0 Å². The van der Waals surface area contributed by atoms with E-state index in [9.17, 15) is 4.79 Å². The molecule has 3 aromatic carbocycles. The van der Waals surface area contributed by atoms with Gasteiger partial charge in [-0.1, -0.05) is 30.3 Å². The van der Waals surface area contributed by atoms with Crippen molar-refractivity contribution in [2.24, 2.45) is 5.92 Å². The summed E-state index contributed by atoms with van der Waals surface area (Å²) in [4.78, 5) is 11.2. The van der Waals surface area contributed by atoms with E-state index < -0.39 is 11.8 Å². The third-order valence-corrected chi connectivity index (χ3v) is 5.65. The lowest BCUT2D eigenvalue weighted by atomic mass is 9.99. The molecule has 4 rings (SSSR count). The van der Waals surface area contributed by atoms with Crippen molar-refractivity contribution in [2.75, 3.05) is 26.4 Å². The van der Waals surface area contributed by atoms with Crippen LogP contribution in [-0.4, -0.2) is 43.3 Å². The Morgan fingerprint density at radius 1 is 0.829 bits per heavy atom. The summed E-state index contributed by atoms with van der Waals surface area (Å²) >= 11 is 0. The highest BCUT2D eigenvalue weighted by Crippen LogP contribution is 2.25. The molecule has 0 unspecified atom stereocenters. The molecule has 184 valence electrons. The number of ether oxygens (including phenoxy) is 5. The Balaban J connectivity index is 1.12. The van der Waals surface area contributed by atoms with Crippen LogP contribution in [0, 0.1) is 5.92 Å². The van der Waals surface area contributed by atoms with E-state index in [1.165, 1.54) is 6.92 Å². The first-order chi connectivity index (χ1) is 17.0. The number of hydrogen-bond acceptors (Lipinski definition) is 6. The van der Waals surface area contributed by atoms with Crippen LogP contribution in [0.2, 0.25) is 0 Å². The Kier molecular flexibility index (Phi) is 8.23. The maximum absolute atomic E-state index is 11.2. The van der Waals surface area contributed by atoms with E-state index >= 15 is 0 Å². The number of carboxylic acids is 1. The maximum Gasteiger partial charge on any atom is 0.364 e. The fraction of sp³-hybridized carbons (Fsp3) is 0.321. The smallest absolute Gasteiger partial charge is 0.364 e. The topological polar surface area (TPSA) is 83.5 Å². The Morgan fingerprint density at radius 2 is 1.34 bits per heavy atom. The average Bonchev–Trinajstić information content (AvgIpc) is 2.88. The molecular weight excluding hydrogens is 448 g/mol. The highest BCUT2D eigenvalue weighted by molar-refractivity contribution is 5.75. The molecule has 0 spiro atoms. The molecule has 0 saturated carbocycles. The van der Waals surface area contributed by atoms with Gasteiger partial charge >= 0.3 is 5.97 Å². The predicted molar refractivity (Wildman–Crippen MR) is 130 cm³/mol. The molecule has 0 aromatic heterocycles. The second kappa shape index (κ2) is 11.7. The van der Waals surface area contributed by atoms with Gasteiger partial charge in [0.2, 0.25) is 0 Å². The number of para-hydroxylation sites is 1. The van der Waals surface area contributed by atoms with Crippen LogP contribution in [-0.2, 0) is 20.7 Å². The van der Waals surface area contributed by atoms with E-state index in [-0.39, 0.29) is 5.92 Å². The molecule has 0 amide bonds. The fourth-order valence-corrected chi connectivity index (χ4v) is 3.61. The molecule has 7 heteroatoms. The first-order valence-corrected chi connectivity index (χ1v) is 11.7. The van der Waals surface area contributed by atoms with Crippen LogP contribution in [0.5, 0.6) is 23.0 Å². The summed E-state index contributed by atoms with van der Waals surface area (Å²) in [6.07, 6.45) is 1.50. The molecule has 3 aromatic rings. The lowest BCUT2D eigenvalue weighted by molar-refractivity contribution is -0.270. The van der Waals surface area contributed by atoms with Crippen LogP contribution in [0.4, 0.5) is 0 Å². The van der Waals surface area contributed by atoms with Gasteiger partial charge in [0.15, 0.2) is 0 Å². The van der Waals surface area contributed by atoms with Gasteiger partial charge in [-0.15, -0.1) is 0 Å². The van der Waals surface area contributed by atoms with Gasteiger partial charge in [-0.05, 0) is 60.5 Å². The van der Waals surface area contributed by atoms with Crippen LogP contribution in [0.1, 0.15) is 18.9 Å². The largest absolute Gasteiger partial charge is 0.493 e. The molecule has 1 saturated heterocycles. The van der Waals surface area contributed by atoms with Crippen molar-refractivity contribution in [1.82, 2.24) is 0 Å². The minimum Gasteiger partial charge on any atom is -0.493 e. The zero-order valence-electron chi connectivity index (χ0n) is 19.7. The number of rotatable bonds is 11. The normalized spacial score (nSPS) is 19.6. The Labute approximate surface area is 205 Å². The number of hydrogen-bond donors (Lipinski definition) is 1. The van der Waals surface area contributed by atoms with Gasteiger partial charge in [0.05, 0.1) is 26.4 Å². The molecular formula is C28H30O7. The molecule has 1 heterocycles. The predicted octanol–water partition coefficient (Wildman–Crippen LogP) is 5.33.